The first-order chi connectivity index (χ1) is 10.0. The fourth-order valence-corrected chi connectivity index (χ4v) is 2.72. The molecule has 2 rings (SSSR count). The van der Waals surface area contributed by atoms with Gasteiger partial charge in [-0.05, 0) is 36.4 Å². The van der Waals surface area contributed by atoms with Crippen molar-refractivity contribution >= 4 is 44.7 Å². The molecule has 0 saturated heterocycles. The third-order valence-electron chi connectivity index (χ3n) is 2.84. The number of halogens is 2. The molecule has 0 unspecified atom stereocenters. The average Bonchev–Trinajstić information content (AvgIpc) is 2.45. The number of hydrogen-bond acceptors (Lipinski definition) is 3. The molecular weight excluding hydrogens is 374 g/mol. The summed E-state index contributed by atoms with van der Waals surface area (Å²) in [5, 5.41) is 0.473. The van der Waals surface area contributed by atoms with E-state index in [2.05, 4.69) is 15.9 Å². The predicted molar refractivity (Wildman–Crippen MR) is 92.4 cm³/mol. The van der Waals surface area contributed by atoms with Gasteiger partial charge in [-0.25, -0.2) is 0 Å². The van der Waals surface area contributed by atoms with Gasteiger partial charge in [0.05, 0.1) is 12.1 Å². The number of rotatable bonds is 5. The Balaban J connectivity index is 2.15. The van der Waals surface area contributed by atoms with Crippen LogP contribution in [0.4, 0.5) is 0 Å². The monoisotopic (exact) mass is 385 g/mol. The molecule has 2 aromatic rings. The van der Waals surface area contributed by atoms with Gasteiger partial charge in [0.2, 0.25) is 0 Å². The summed E-state index contributed by atoms with van der Waals surface area (Å²) < 4.78 is 12.0. The van der Waals surface area contributed by atoms with E-state index in [0.29, 0.717) is 22.9 Å². The number of benzene rings is 2. The molecular formula is C15H13BrClNO2S. The minimum Gasteiger partial charge on any atom is -0.496 e. The molecule has 0 aromatic heterocycles. The van der Waals surface area contributed by atoms with Crippen molar-refractivity contribution in [2.24, 2.45) is 5.73 Å². The van der Waals surface area contributed by atoms with Crippen molar-refractivity contribution in [3.05, 3.63) is 57.0 Å². The maximum atomic E-state index is 6.11. The van der Waals surface area contributed by atoms with Crippen LogP contribution in [0, 0.1) is 0 Å². The van der Waals surface area contributed by atoms with Crippen LogP contribution in [0.2, 0.25) is 5.02 Å². The minimum absolute atomic E-state index is 0.264. The van der Waals surface area contributed by atoms with Crippen LogP contribution < -0.4 is 15.2 Å². The summed E-state index contributed by atoms with van der Waals surface area (Å²) in [7, 11) is 1.63. The fraction of sp³-hybridized carbons (Fsp3) is 0.133. The lowest BCUT2D eigenvalue weighted by Gasteiger charge is -2.12. The first-order valence-electron chi connectivity index (χ1n) is 6.06. The Hall–Kier alpha value is -1.30. The third kappa shape index (κ3) is 4.09. The SMILES string of the molecule is COc1ccc(Br)cc1COc1ccc(C(N)=S)c(Cl)c1. The highest BCUT2D eigenvalue weighted by molar-refractivity contribution is 9.10. The molecule has 0 saturated carbocycles. The molecule has 0 radical (unpaired) electrons. The van der Waals surface area contributed by atoms with Gasteiger partial charge in [0, 0.05) is 15.6 Å². The zero-order valence-electron chi connectivity index (χ0n) is 11.2. The smallest absolute Gasteiger partial charge is 0.125 e. The van der Waals surface area contributed by atoms with E-state index in [1.54, 1.807) is 25.3 Å². The maximum absolute atomic E-state index is 6.11. The summed E-state index contributed by atoms with van der Waals surface area (Å²) in [6, 6.07) is 11.0. The van der Waals surface area contributed by atoms with Gasteiger partial charge in [-0.3, -0.25) is 0 Å². The maximum Gasteiger partial charge on any atom is 0.125 e. The Bertz CT molecular complexity index is 679. The van der Waals surface area contributed by atoms with E-state index in [4.69, 9.17) is 39.0 Å². The Morgan fingerprint density at radius 1 is 1.29 bits per heavy atom. The van der Waals surface area contributed by atoms with E-state index in [9.17, 15) is 0 Å². The summed E-state index contributed by atoms with van der Waals surface area (Å²) in [5.74, 6) is 1.41. The van der Waals surface area contributed by atoms with Crippen molar-refractivity contribution < 1.29 is 9.47 Å². The molecule has 0 spiro atoms. The van der Waals surface area contributed by atoms with Crippen LogP contribution in [0.3, 0.4) is 0 Å². The van der Waals surface area contributed by atoms with Gasteiger partial charge in [-0.2, -0.15) is 0 Å². The second-order valence-electron chi connectivity index (χ2n) is 4.25. The topological polar surface area (TPSA) is 44.5 Å². The number of thiocarbonyl (C=S) groups is 1. The highest BCUT2D eigenvalue weighted by atomic mass is 79.9. The van der Waals surface area contributed by atoms with Crippen LogP contribution in [0.15, 0.2) is 40.9 Å². The molecule has 2 N–H and O–H groups in total. The lowest BCUT2D eigenvalue weighted by Crippen LogP contribution is -2.10. The second-order valence-corrected chi connectivity index (χ2v) is 6.01. The van der Waals surface area contributed by atoms with Crippen LogP contribution >= 0.6 is 39.7 Å². The largest absolute Gasteiger partial charge is 0.496 e. The van der Waals surface area contributed by atoms with Gasteiger partial charge in [0.1, 0.15) is 23.1 Å². The molecule has 3 nitrogen and oxygen atoms in total. The zero-order valence-corrected chi connectivity index (χ0v) is 14.4. The van der Waals surface area contributed by atoms with Gasteiger partial charge in [0.25, 0.3) is 0 Å². The summed E-state index contributed by atoms with van der Waals surface area (Å²) in [5.41, 5.74) is 7.14. The minimum atomic E-state index is 0.264. The zero-order chi connectivity index (χ0) is 15.4. The molecule has 110 valence electrons. The van der Waals surface area contributed by atoms with Crippen molar-refractivity contribution in [2.75, 3.05) is 7.11 Å². The van der Waals surface area contributed by atoms with Crippen LogP contribution in [0.5, 0.6) is 11.5 Å². The summed E-state index contributed by atoms with van der Waals surface area (Å²) >= 11 is 14.5. The number of nitrogens with two attached hydrogens (primary N) is 1. The predicted octanol–water partition coefficient (Wildman–Crippen LogP) is 4.32. The van der Waals surface area contributed by atoms with E-state index < -0.39 is 0 Å². The Morgan fingerprint density at radius 2 is 2.05 bits per heavy atom. The van der Waals surface area contributed by atoms with Crippen molar-refractivity contribution in [1.29, 1.82) is 0 Å². The lowest BCUT2D eigenvalue weighted by atomic mass is 10.2. The van der Waals surface area contributed by atoms with Crippen molar-refractivity contribution in [2.45, 2.75) is 6.61 Å². The van der Waals surface area contributed by atoms with E-state index >= 15 is 0 Å². The highest BCUT2D eigenvalue weighted by Gasteiger charge is 2.08. The fourth-order valence-electron chi connectivity index (χ4n) is 1.81. The van der Waals surface area contributed by atoms with E-state index in [1.165, 1.54) is 0 Å². The summed E-state index contributed by atoms with van der Waals surface area (Å²) in [6.07, 6.45) is 0. The van der Waals surface area contributed by atoms with E-state index in [1.807, 2.05) is 18.2 Å². The first kappa shape index (κ1) is 16.1. The number of methoxy groups -OCH3 is 1. The molecule has 0 heterocycles. The molecule has 0 bridgehead atoms. The molecule has 0 amide bonds. The molecule has 21 heavy (non-hydrogen) atoms. The first-order valence-corrected chi connectivity index (χ1v) is 7.63. The Kier molecular flexibility index (Phi) is 5.45. The van der Waals surface area contributed by atoms with Crippen LogP contribution in [-0.2, 0) is 6.61 Å². The second kappa shape index (κ2) is 7.11. The lowest BCUT2D eigenvalue weighted by molar-refractivity contribution is 0.296. The normalized spacial score (nSPS) is 10.2. The van der Waals surface area contributed by atoms with Crippen molar-refractivity contribution in [1.82, 2.24) is 0 Å². The number of hydrogen-bond donors (Lipinski definition) is 1. The van der Waals surface area contributed by atoms with Crippen LogP contribution in [0.1, 0.15) is 11.1 Å². The summed E-state index contributed by atoms with van der Waals surface area (Å²) in [4.78, 5) is 0.264. The van der Waals surface area contributed by atoms with Gasteiger partial charge < -0.3 is 15.2 Å². The molecule has 0 fully saturated rings. The summed E-state index contributed by atoms with van der Waals surface area (Å²) in [6.45, 7) is 0.366. The molecule has 0 aliphatic heterocycles. The average molecular weight is 387 g/mol. The molecule has 6 heteroatoms. The highest BCUT2D eigenvalue weighted by Crippen LogP contribution is 2.26. The Labute approximate surface area is 142 Å². The standard InChI is InChI=1S/C15H13BrClNO2S/c1-19-14-5-2-10(16)6-9(14)8-20-11-3-4-12(15(18)21)13(17)7-11/h2-7H,8H2,1H3,(H2,18,21). The van der Waals surface area contributed by atoms with Crippen LogP contribution in [-0.4, -0.2) is 12.1 Å². The molecule has 0 aliphatic carbocycles. The van der Waals surface area contributed by atoms with Gasteiger partial charge in [-0.1, -0.05) is 39.7 Å². The van der Waals surface area contributed by atoms with Gasteiger partial charge in [-0.15, -0.1) is 0 Å². The Morgan fingerprint density at radius 3 is 2.67 bits per heavy atom. The molecule has 0 atom stereocenters. The molecule has 2 aromatic carbocycles. The van der Waals surface area contributed by atoms with Gasteiger partial charge in [0.15, 0.2) is 0 Å². The third-order valence-corrected chi connectivity index (χ3v) is 3.87. The molecule has 0 aliphatic rings. The van der Waals surface area contributed by atoms with Crippen LogP contribution in [0.25, 0.3) is 0 Å². The van der Waals surface area contributed by atoms with E-state index in [0.717, 1.165) is 15.8 Å². The van der Waals surface area contributed by atoms with E-state index in [-0.39, 0.29) is 4.99 Å². The van der Waals surface area contributed by atoms with Crippen molar-refractivity contribution in [3.8, 4) is 11.5 Å². The van der Waals surface area contributed by atoms with Crippen molar-refractivity contribution in [3.63, 3.8) is 0 Å². The van der Waals surface area contributed by atoms with Gasteiger partial charge >= 0.3 is 0 Å². The number of ether oxygens (including phenoxy) is 2. The quantitative estimate of drug-likeness (QED) is 0.777.